The number of benzene rings is 3. The van der Waals surface area contributed by atoms with Gasteiger partial charge in [0.25, 0.3) is 0 Å². The van der Waals surface area contributed by atoms with Gasteiger partial charge >= 0.3 is 0 Å². The van der Waals surface area contributed by atoms with Crippen LogP contribution in [0.4, 0.5) is 0 Å². The summed E-state index contributed by atoms with van der Waals surface area (Å²) >= 11 is 0. The molecule has 0 unspecified atom stereocenters. The second-order valence-corrected chi connectivity index (χ2v) is 11.1. The van der Waals surface area contributed by atoms with Crippen molar-refractivity contribution in [3.05, 3.63) is 107 Å². The Kier molecular flexibility index (Phi) is 5.74. The number of imide groups is 1. The fourth-order valence-corrected chi connectivity index (χ4v) is 6.92. The van der Waals surface area contributed by atoms with Crippen LogP contribution in [0.1, 0.15) is 72.9 Å². The van der Waals surface area contributed by atoms with Gasteiger partial charge in [-0.1, -0.05) is 92.7 Å². The average molecular weight is 493 g/mol. The van der Waals surface area contributed by atoms with Gasteiger partial charge in [0.1, 0.15) is 6.04 Å². The van der Waals surface area contributed by atoms with Crippen LogP contribution in [0.25, 0.3) is 0 Å². The molecule has 4 aliphatic rings. The van der Waals surface area contributed by atoms with Gasteiger partial charge < -0.3 is 5.32 Å². The highest BCUT2D eigenvalue weighted by atomic mass is 16.2. The predicted octanol–water partition coefficient (Wildman–Crippen LogP) is 5.17. The fourth-order valence-electron chi connectivity index (χ4n) is 6.92. The van der Waals surface area contributed by atoms with Crippen LogP contribution in [0.5, 0.6) is 0 Å². The van der Waals surface area contributed by atoms with E-state index in [9.17, 15) is 14.4 Å². The molecule has 1 saturated heterocycles. The summed E-state index contributed by atoms with van der Waals surface area (Å²) in [6, 6.07) is 25.1. The van der Waals surface area contributed by atoms with Crippen LogP contribution in [-0.2, 0) is 14.4 Å². The second-order valence-electron chi connectivity index (χ2n) is 11.1. The Morgan fingerprint density at radius 1 is 0.730 bits per heavy atom. The van der Waals surface area contributed by atoms with Crippen molar-refractivity contribution in [2.75, 3.05) is 0 Å². The quantitative estimate of drug-likeness (QED) is 0.483. The molecular formula is C32H32N2O3. The largest absolute Gasteiger partial charge is 0.348 e. The molecule has 3 aliphatic carbocycles. The minimum absolute atomic E-state index is 0.136. The summed E-state index contributed by atoms with van der Waals surface area (Å²) in [7, 11) is 0. The predicted molar refractivity (Wildman–Crippen MR) is 142 cm³/mol. The normalized spacial score (nSPS) is 24.9. The summed E-state index contributed by atoms with van der Waals surface area (Å²) in [6.45, 7) is 5.98. The lowest BCUT2D eigenvalue weighted by Gasteiger charge is -2.45. The maximum Gasteiger partial charge on any atom is 0.243 e. The van der Waals surface area contributed by atoms with E-state index in [1.54, 1.807) is 0 Å². The molecule has 4 atom stereocenters. The van der Waals surface area contributed by atoms with Crippen molar-refractivity contribution in [3.63, 3.8) is 0 Å². The molecule has 3 amide bonds. The molecule has 1 heterocycles. The van der Waals surface area contributed by atoms with E-state index >= 15 is 0 Å². The third kappa shape index (κ3) is 3.63. The number of amides is 3. The van der Waals surface area contributed by atoms with Crippen LogP contribution in [0.3, 0.4) is 0 Å². The number of rotatable bonds is 6. The number of carbonyl (C=O) groups excluding carboxylic acids is 3. The Bertz CT molecular complexity index is 1270. The van der Waals surface area contributed by atoms with E-state index in [-0.39, 0.29) is 41.5 Å². The molecule has 0 spiro atoms. The monoisotopic (exact) mass is 492 g/mol. The van der Waals surface area contributed by atoms with Gasteiger partial charge in [-0.2, -0.15) is 0 Å². The average Bonchev–Trinajstić information content (AvgIpc) is 3.17. The van der Waals surface area contributed by atoms with Crippen molar-refractivity contribution in [3.8, 4) is 0 Å². The third-order valence-electron chi connectivity index (χ3n) is 8.45. The van der Waals surface area contributed by atoms with E-state index in [0.29, 0.717) is 6.42 Å². The number of nitrogens with zero attached hydrogens (tertiary/aromatic N) is 1. The van der Waals surface area contributed by atoms with E-state index < -0.39 is 17.9 Å². The number of carbonyl (C=O) groups is 3. The van der Waals surface area contributed by atoms with Gasteiger partial charge in [0, 0.05) is 11.8 Å². The van der Waals surface area contributed by atoms with Gasteiger partial charge in [-0.25, -0.2) is 0 Å². The van der Waals surface area contributed by atoms with Crippen LogP contribution < -0.4 is 5.32 Å². The maximum absolute atomic E-state index is 14.2. The second kappa shape index (κ2) is 8.98. The molecule has 37 heavy (non-hydrogen) atoms. The minimum Gasteiger partial charge on any atom is -0.348 e. The number of hydrogen-bond donors (Lipinski definition) is 1. The first-order valence-electron chi connectivity index (χ1n) is 13.3. The van der Waals surface area contributed by atoms with Gasteiger partial charge in [-0.3, -0.25) is 19.3 Å². The van der Waals surface area contributed by atoms with Gasteiger partial charge in [0.05, 0.1) is 17.9 Å². The lowest BCUT2D eigenvalue weighted by atomic mass is 9.55. The van der Waals surface area contributed by atoms with Crippen LogP contribution in [0, 0.1) is 17.8 Å². The molecule has 2 bridgehead atoms. The van der Waals surface area contributed by atoms with E-state index in [1.165, 1.54) is 4.90 Å². The molecule has 0 aromatic heterocycles. The Labute approximate surface area is 217 Å². The lowest BCUT2D eigenvalue weighted by molar-refractivity contribution is -0.148. The molecular weight excluding hydrogens is 460 g/mol. The Balaban J connectivity index is 1.38. The molecule has 0 radical (unpaired) electrons. The first-order chi connectivity index (χ1) is 17.9. The third-order valence-corrected chi connectivity index (χ3v) is 8.45. The topological polar surface area (TPSA) is 66.5 Å². The highest BCUT2D eigenvalue weighted by molar-refractivity contribution is 6.10. The van der Waals surface area contributed by atoms with Gasteiger partial charge in [-0.05, 0) is 47.1 Å². The zero-order valence-electron chi connectivity index (χ0n) is 21.4. The van der Waals surface area contributed by atoms with Crippen molar-refractivity contribution < 1.29 is 14.4 Å². The fraction of sp³-hybridized carbons (Fsp3) is 0.344. The summed E-state index contributed by atoms with van der Waals surface area (Å²) in [4.78, 5) is 43.4. The molecule has 1 N–H and O–H groups in total. The molecule has 188 valence electrons. The van der Waals surface area contributed by atoms with Crippen LogP contribution >= 0.6 is 0 Å². The van der Waals surface area contributed by atoms with Crippen molar-refractivity contribution >= 4 is 17.7 Å². The van der Waals surface area contributed by atoms with Crippen LogP contribution in [0.2, 0.25) is 0 Å². The molecule has 5 nitrogen and oxygen atoms in total. The highest BCUT2D eigenvalue weighted by Crippen LogP contribution is 2.61. The van der Waals surface area contributed by atoms with E-state index in [0.717, 1.165) is 27.8 Å². The Morgan fingerprint density at radius 2 is 1.16 bits per heavy atom. The Hall–Kier alpha value is -3.73. The van der Waals surface area contributed by atoms with Crippen molar-refractivity contribution in [1.82, 2.24) is 10.2 Å². The molecule has 3 aromatic rings. The van der Waals surface area contributed by atoms with Crippen LogP contribution in [0.15, 0.2) is 78.9 Å². The summed E-state index contributed by atoms with van der Waals surface area (Å²) in [5.41, 5.74) is 5.53. The number of likely N-dealkylation sites (tertiary alicyclic amines) is 1. The van der Waals surface area contributed by atoms with Crippen molar-refractivity contribution in [2.24, 2.45) is 17.8 Å². The number of hydrogen-bond acceptors (Lipinski definition) is 3. The van der Waals surface area contributed by atoms with Crippen LogP contribution in [-0.4, -0.2) is 28.7 Å². The molecule has 0 saturated carbocycles. The first kappa shape index (κ1) is 23.7. The molecule has 3 aromatic carbocycles. The first-order valence-corrected chi connectivity index (χ1v) is 13.3. The van der Waals surface area contributed by atoms with E-state index in [1.807, 2.05) is 75.4 Å². The standard InChI is InChI=1S/C32H32N2O3/c1-18(2)17-25(30(35)33-19(3)20-11-5-4-6-12-20)34-31(36)28-26-21-13-7-8-14-22(21)27(29(28)32(34)37)24-16-10-9-15-23(24)26/h4-16,18-19,25-29H,17H2,1-3H3,(H,33,35)/t19-,25-,26?,27?,28-,29+/m0/s1. The summed E-state index contributed by atoms with van der Waals surface area (Å²) < 4.78 is 0. The Morgan fingerprint density at radius 3 is 1.59 bits per heavy atom. The van der Waals surface area contributed by atoms with Crippen molar-refractivity contribution in [1.29, 1.82) is 0 Å². The highest BCUT2D eigenvalue weighted by Gasteiger charge is 2.63. The summed E-state index contributed by atoms with van der Waals surface area (Å²) in [5, 5.41) is 3.09. The van der Waals surface area contributed by atoms with Gasteiger partial charge in [-0.15, -0.1) is 0 Å². The number of nitrogens with one attached hydrogen (secondary N) is 1. The summed E-state index contributed by atoms with van der Waals surface area (Å²) in [6.07, 6.45) is 0.430. The zero-order chi connectivity index (χ0) is 25.8. The maximum atomic E-state index is 14.2. The van der Waals surface area contributed by atoms with Gasteiger partial charge in [0.15, 0.2) is 0 Å². The summed E-state index contributed by atoms with van der Waals surface area (Å²) in [5.74, 6) is -1.84. The van der Waals surface area contributed by atoms with Crippen molar-refractivity contribution in [2.45, 2.75) is 51.1 Å². The molecule has 5 heteroatoms. The SMILES string of the molecule is CC(C)C[C@@H](C(=O)N[C@@H](C)c1ccccc1)N1C(=O)[C@@H]2C3c4ccccc4C(c4ccccc43)[C@@H]2C1=O. The van der Waals surface area contributed by atoms with Gasteiger partial charge in [0.2, 0.25) is 17.7 Å². The molecule has 7 rings (SSSR count). The lowest BCUT2D eigenvalue weighted by Crippen LogP contribution is -2.51. The zero-order valence-corrected chi connectivity index (χ0v) is 21.4. The smallest absolute Gasteiger partial charge is 0.243 e. The van der Waals surface area contributed by atoms with E-state index in [2.05, 4.69) is 29.6 Å². The minimum atomic E-state index is -0.831. The molecule has 1 fully saturated rings. The molecule has 1 aliphatic heterocycles. The van der Waals surface area contributed by atoms with E-state index in [4.69, 9.17) is 0 Å².